The molecule has 32 heavy (non-hydrogen) atoms. The van der Waals surface area contributed by atoms with E-state index in [-0.39, 0.29) is 23.7 Å². The van der Waals surface area contributed by atoms with Crippen molar-refractivity contribution in [1.82, 2.24) is 19.5 Å². The van der Waals surface area contributed by atoms with Crippen molar-refractivity contribution in [3.05, 3.63) is 53.9 Å². The van der Waals surface area contributed by atoms with Gasteiger partial charge in [-0.15, -0.1) is 0 Å². The predicted octanol–water partition coefficient (Wildman–Crippen LogP) is 4.01. The topological polar surface area (TPSA) is 65.8 Å². The number of carbonyl (C=O) groups is 1. The number of nitrogens with zero attached hydrogens (tertiary/aromatic N) is 5. The Labute approximate surface area is 189 Å². The summed E-state index contributed by atoms with van der Waals surface area (Å²) < 4.78 is 63.0. The van der Waals surface area contributed by atoms with Gasteiger partial charge >= 0.3 is 6.03 Å². The Hall–Kier alpha value is -3.23. The van der Waals surface area contributed by atoms with Crippen LogP contribution < -0.4 is 10.2 Å². The van der Waals surface area contributed by atoms with Crippen LogP contribution in [0.15, 0.2) is 36.7 Å². The van der Waals surface area contributed by atoms with E-state index in [1.54, 1.807) is 19.2 Å². The van der Waals surface area contributed by atoms with E-state index < -0.39 is 42.1 Å². The molecule has 0 radical (unpaired) electrons. The number of carbonyl (C=O) groups excluding carboxylic acids is 1. The van der Waals surface area contributed by atoms with Gasteiger partial charge in [0.1, 0.15) is 23.1 Å². The second-order valence-electron chi connectivity index (χ2n) is 8.66. The number of hydrogen-bond donors (Lipinski definition) is 1. The largest absolute Gasteiger partial charge is 0.346 e. The number of anilines is 2. The standard InChI is InChI=1S/C23H24F2N6O/c1-14-4-7-29(13-14)22(32)27-19-12-26-31-9-6-20(28-21(19)31)30-8-5-15-11-23(15,30)17-10-16(24)2-3-18(17)25/h2-3,6,9-10,12,14-15H,4-5,7-8,11,13H2,1H3,(H,27,32)/t14-,15-,23+/m0/s1/i7D2,13D2. The van der Waals surface area contributed by atoms with Gasteiger partial charge in [0.25, 0.3) is 0 Å². The first-order valence-electron chi connectivity index (χ1n) is 12.6. The zero-order chi connectivity index (χ0) is 25.6. The average Bonchev–Trinajstić information content (AvgIpc) is 3.11. The second kappa shape index (κ2) is 6.88. The Kier molecular flexibility index (Phi) is 3.35. The second-order valence-corrected chi connectivity index (χ2v) is 8.66. The predicted molar refractivity (Wildman–Crippen MR) is 115 cm³/mol. The minimum Gasteiger partial charge on any atom is -0.346 e. The fraction of sp³-hybridized carbons (Fsp3) is 0.435. The molecule has 1 aromatic carbocycles. The van der Waals surface area contributed by atoms with E-state index >= 15 is 0 Å². The average molecular weight is 443 g/mol. The Morgan fingerprint density at radius 1 is 1.31 bits per heavy atom. The van der Waals surface area contributed by atoms with Crippen molar-refractivity contribution < 1.29 is 19.1 Å². The van der Waals surface area contributed by atoms with Crippen LogP contribution in [0, 0.1) is 23.5 Å². The summed E-state index contributed by atoms with van der Waals surface area (Å²) in [7, 11) is 0. The fourth-order valence-corrected chi connectivity index (χ4v) is 5.04. The quantitative estimate of drug-likeness (QED) is 0.666. The maximum atomic E-state index is 14.8. The summed E-state index contributed by atoms with van der Waals surface area (Å²) in [5, 5.41) is 6.76. The number of amides is 2. The van der Waals surface area contributed by atoms with Crippen LogP contribution in [0.25, 0.3) is 5.65 Å². The molecule has 1 saturated carbocycles. The number of benzene rings is 1. The molecule has 0 unspecified atom stereocenters. The maximum absolute atomic E-state index is 14.8. The van der Waals surface area contributed by atoms with Crippen molar-refractivity contribution >= 4 is 23.2 Å². The highest BCUT2D eigenvalue weighted by atomic mass is 19.1. The zero-order valence-electron chi connectivity index (χ0n) is 21.3. The number of hydrogen-bond acceptors (Lipinski definition) is 4. The van der Waals surface area contributed by atoms with E-state index in [4.69, 9.17) is 5.48 Å². The highest BCUT2D eigenvalue weighted by molar-refractivity contribution is 5.93. The van der Waals surface area contributed by atoms with Gasteiger partial charge < -0.3 is 15.1 Å². The third-order valence-electron chi connectivity index (χ3n) is 6.63. The highest BCUT2D eigenvalue weighted by Gasteiger charge is 2.64. The lowest BCUT2D eigenvalue weighted by Crippen LogP contribution is -2.34. The van der Waals surface area contributed by atoms with Crippen LogP contribution in [0.3, 0.4) is 0 Å². The monoisotopic (exact) mass is 442 g/mol. The van der Waals surface area contributed by atoms with Gasteiger partial charge in [0.05, 0.1) is 11.7 Å². The van der Waals surface area contributed by atoms with Gasteiger partial charge in [0.15, 0.2) is 5.65 Å². The summed E-state index contributed by atoms with van der Waals surface area (Å²) in [5.74, 6) is -0.959. The third-order valence-corrected chi connectivity index (χ3v) is 6.63. The van der Waals surface area contributed by atoms with Crippen molar-refractivity contribution in [1.29, 1.82) is 0 Å². The molecule has 2 aliphatic heterocycles. The van der Waals surface area contributed by atoms with Crippen LogP contribution in [0.2, 0.25) is 0 Å². The Morgan fingerprint density at radius 2 is 2.19 bits per heavy atom. The van der Waals surface area contributed by atoms with Gasteiger partial charge in [-0.25, -0.2) is 23.1 Å². The maximum Gasteiger partial charge on any atom is 0.321 e. The van der Waals surface area contributed by atoms with Gasteiger partial charge in [0, 0.05) is 36.8 Å². The SMILES string of the molecule is [2H]C1([2H])C[C@H](C)C([2H])([2H])N1C(=O)Nc1cnn2ccc(N3CC[C@H]4C[C@]43c3cc(F)ccc3F)nc12. The number of piperidine rings is 1. The van der Waals surface area contributed by atoms with Crippen molar-refractivity contribution in [3.63, 3.8) is 0 Å². The molecule has 3 fully saturated rings. The molecular weight excluding hydrogens is 414 g/mol. The van der Waals surface area contributed by atoms with Crippen LogP contribution >= 0.6 is 0 Å². The third kappa shape index (κ3) is 2.87. The normalized spacial score (nSPS) is 31.6. The first-order chi connectivity index (χ1) is 16.9. The van der Waals surface area contributed by atoms with E-state index in [1.165, 1.54) is 16.8 Å². The summed E-state index contributed by atoms with van der Waals surface area (Å²) >= 11 is 0. The number of aromatic nitrogens is 3. The molecule has 0 spiro atoms. The first kappa shape index (κ1) is 15.6. The molecule has 6 rings (SSSR count). The molecule has 9 heteroatoms. The fourth-order valence-electron chi connectivity index (χ4n) is 5.04. The number of urea groups is 1. The highest BCUT2D eigenvalue weighted by Crippen LogP contribution is 2.63. The molecule has 2 aromatic heterocycles. The van der Waals surface area contributed by atoms with E-state index in [0.717, 1.165) is 18.6 Å². The van der Waals surface area contributed by atoms with Crippen LogP contribution in [-0.2, 0) is 5.54 Å². The molecule has 0 bridgehead atoms. The lowest BCUT2D eigenvalue weighted by atomic mass is 10.0. The molecule has 2 saturated heterocycles. The van der Waals surface area contributed by atoms with E-state index in [1.807, 2.05) is 4.90 Å². The summed E-state index contributed by atoms with van der Waals surface area (Å²) in [4.78, 5) is 20.3. The molecule has 4 heterocycles. The van der Waals surface area contributed by atoms with Gasteiger partial charge in [-0.05, 0) is 55.4 Å². The molecule has 3 aliphatic rings. The molecule has 1 N–H and O–H groups in total. The number of rotatable bonds is 3. The van der Waals surface area contributed by atoms with Crippen molar-refractivity contribution in [2.75, 3.05) is 29.8 Å². The van der Waals surface area contributed by atoms with Gasteiger partial charge in [0.2, 0.25) is 0 Å². The van der Waals surface area contributed by atoms with E-state index in [2.05, 4.69) is 15.4 Å². The minimum atomic E-state index is -2.17. The Balaban J connectivity index is 1.34. The number of likely N-dealkylation sites (tertiary alicyclic amines) is 1. The van der Waals surface area contributed by atoms with Crippen molar-refractivity contribution in [3.8, 4) is 0 Å². The number of halogens is 2. The zero-order valence-corrected chi connectivity index (χ0v) is 17.3. The first-order valence-corrected chi connectivity index (χ1v) is 10.6. The summed E-state index contributed by atoms with van der Waals surface area (Å²) in [6, 6.07) is 4.28. The lowest BCUT2D eigenvalue weighted by Gasteiger charge is -2.30. The lowest BCUT2D eigenvalue weighted by molar-refractivity contribution is 0.221. The number of fused-ring (bicyclic) bond motifs is 2. The Bertz CT molecular complexity index is 1400. The van der Waals surface area contributed by atoms with E-state index in [9.17, 15) is 13.6 Å². The molecule has 166 valence electrons. The van der Waals surface area contributed by atoms with Crippen LogP contribution in [0.4, 0.5) is 25.1 Å². The molecule has 2 amide bonds. The molecule has 3 aromatic rings. The van der Waals surface area contributed by atoms with Crippen LogP contribution in [0.1, 0.15) is 37.2 Å². The molecule has 3 atom stereocenters. The summed E-state index contributed by atoms with van der Waals surface area (Å²) in [6.45, 7) is -2.17. The minimum absolute atomic E-state index is 0.126. The molecule has 7 nitrogen and oxygen atoms in total. The van der Waals surface area contributed by atoms with Crippen molar-refractivity contribution in [2.24, 2.45) is 11.8 Å². The summed E-state index contributed by atoms with van der Waals surface area (Å²) in [5.41, 5.74) is 0.0821. The van der Waals surface area contributed by atoms with Crippen LogP contribution in [0.5, 0.6) is 0 Å². The Morgan fingerprint density at radius 3 is 2.97 bits per heavy atom. The van der Waals surface area contributed by atoms with E-state index in [0.29, 0.717) is 29.2 Å². The molecular formula is C23H24F2N6O. The van der Waals surface area contributed by atoms with Crippen LogP contribution in [-0.4, -0.2) is 45.1 Å². The smallest absolute Gasteiger partial charge is 0.321 e. The van der Waals surface area contributed by atoms with Gasteiger partial charge in [-0.2, -0.15) is 5.10 Å². The van der Waals surface area contributed by atoms with Crippen molar-refractivity contribution in [2.45, 2.75) is 31.7 Å². The number of nitrogens with one attached hydrogen (secondary N) is 1. The van der Waals surface area contributed by atoms with Gasteiger partial charge in [-0.1, -0.05) is 6.92 Å². The molecule has 1 aliphatic carbocycles. The summed E-state index contributed by atoms with van der Waals surface area (Å²) in [6.07, 6.45) is 4.37. The van der Waals surface area contributed by atoms with Gasteiger partial charge in [-0.3, -0.25) is 0 Å².